The largest absolute Gasteiger partial charge is 0.507 e. The molecule has 0 bridgehead atoms. The summed E-state index contributed by atoms with van der Waals surface area (Å²) in [6.45, 7) is 12.0. The van der Waals surface area contributed by atoms with Gasteiger partial charge in [0.05, 0.1) is 0 Å². The number of fused-ring (bicyclic) bond motifs is 4. The molecule has 2 aliphatic carbocycles. The summed E-state index contributed by atoms with van der Waals surface area (Å²) in [5.74, 6) is -0.468. The van der Waals surface area contributed by atoms with Crippen LogP contribution < -0.4 is 4.74 Å². The number of phenols is 1. The number of rotatable bonds is 2. The van der Waals surface area contributed by atoms with E-state index >= 15 is 0 Å². The molecule has 6 nitrogen and oxygen atoms in total. The van der Waals surface area contributed by atoms with Gasteiger partial charge in [-0.3, -0.25) is 4.79 Å². The Morgan fingerprint density at radius 2 is 1.81 bits per heavy atom. The molecule has 0 amide bonds. The molecule has 0 aromatic heterocycles. The van der Waals surface area contributed by atoms with Crippen LogP contribution in [0.4, 0.5) is 0 Å². The number of carboxylic acid groups (broad SMARTS) is 1. The Morgan fingerprint density at radius 1 is 1.13 bits per heavy atom. The van der Waals surface area contributed by atoms with E-state index in [2.05, 4.69) is 27.7 Å². The molecule has 1 aromatic carbocycles. The van der Waals surface area contributed by atoms with Gasteiger partial charge in [-0.15, -0.1) is 0 Å². The van der Waals surface area contributed by atoms with Gasteiger partial charge >= 0.3 is 11.9 Å². The zero-order chi connectivity index (χ0) is 22.9. The van der Waals surface area contributed by atoms with E-state index in [4.69, 9.17) is 9.47 Å². The van der Waals surface area contributed by atoms with Gasteiger partial charge in [0.1, 0.15) is 28.8 Å². The van der Waals surface area contributed by atoms with Crippen molar-refractivity contribution in [1.29, 1.82) is 0 Å². The highest BCUT2D eigenvalue weighted by Crippen LogP contribution is 2.65. The minimum absolute atomic E-state index is 0.0395. The number of benzene rings is 1. The molecule has 0 spiro atoms. The summed E-state index contributed by atoms with van der Waals surface area (Å²) >= 11 is 0. The van der Waals surface area contributed by atoms with Crippen molar-refractivity contribution in [3.8, 4) is 11.5 Å². The molecule has 2 N–H and O–H groups in total. The third-order valence-electron chi connectivity index (χ3n) is 8.77. The van der Waals surface area contributed by atoms with E-state index in [9.17, 15) is 19.8 Å². The Labute approximate surface area is 183 Å². The summed E-state index contributed by atoms with van der Waals surface area (Å²) < 4.78 is 12.3. The Bertz CT molecular complexity index is 950. The fourth-order valence-electron chi connectivity index (χ4n) is 7.29. The predicted octanol–water partition coefficient (Wildman–Crippen LogP) is 4.88. The predicted molar refractivity (Wildman–Crippen MR) is 115 cm³/mol. The molecule has 1 aromatic rings. The van der Waals surface area contributed by atoms with E-state index in [0.29, 0.717) is 29.2 Å². The molecule has 0 radical (unpaired) electrons. The second kappa shape index (κ2) is 6.88. The van der Waals surface area contributed by atoms with Crippen molar-refractivity contribution in [3.05, 3.63) is 22.8 Å². The molecule has 2 fully saturated rings. The second-order valence-corrected chi connectivity index (χ2v) is 10.9. The van der Waals surface area contributed by atoms with Crippen molar-refractivity contribution in [3.63, 3.8) is 0 Å². The van der Waals surface area contributed by atoms with Crippen LogP contribution in [0, 0.1) is 29.6 Å². The first-order valence-electron chi connectivity index (χ1n) is 11.3. The van der Waals surface area contributed by atoms with Crippen LogP contribution in [0.15, 0.2) is 6.07 Å². The third-order valence-corrected chi connectivity index (χ3v) is 8.77. The van der Waals surface area contributed by atoms with Gasteiger partial charge in [-0.25, -0.2) is 4.79 Å². The molecular formula is C25H34O6. The second-order valence-electron chi connectivity index (χ2n) is 10.9. The Morgan fingerprint density at radius 3 is 2.42 bits per heavy atom. The number of aromatic carboxylic acids is 1. The SMILES string of the molecule is CC(=O)OC1CCC2(C)C3Cc4c(cc(C)c(C(=O)O)c4O)OC3(C)CCC2C1(C)C. The zero-order valence-corrected chi connectivity index (χ0v) is 19.4. The van der Waals surface area contributed by atoms with Gasteiger partial charge in [0.15, 0.2) is 0 Å². The highest BCUT2D eigenvalue weighted by molar-refractivity contribution is 5.93. The number of hydrogen-bond acceptors (Lipinski definition) is 5. The van der Waals surface area contributed by atoms with E-state index in [1.807, 2.05) is 0 Å². The zero-order valence-electron chi connectivity index (χ0n) is 19.4. The smallest absolute Gasteiger partial charge is 0.339 e. The lowest BCUT2D eigenvalue weighted by Gasteiger charge is -2.64. The minimum atomic E-state index is -1.12. The molecule has 3 aliphatic rings. The van der Waals surface area contributed by atoms with Crippen molar-refractivity contribution in [1.82, 2.24) is 0 Å². The maximum absolute atomic E-state index is 11.7. The summed E-state index contributed by atoms with van der Waals surface area (Å²) in [6.07, 6.45) is 4.00. The van der Waals surface area contributed by atoms with E-state index < -0.39 is 5.97 Å². The molecule has 6 heteroatoms. The monoisotopic (exact) mass is 430 g/mol. The van der Waals surface area contributed by atoms with Crippen molar-refractivity contribution in [2.75, 3.05) is 0 Å². The minimum Gasteiger partial charge on any atom is -0.507 e. The van der Waals surface area contributed by atoms with Crippen LogP contribution in [0.1, 0.15) is 81.8 Å². The van der Waals surface area contributed by atoms with Gasteiger partial charge in [-0.1, -0.05) is 20.8 Å². The van der Waals surface area contributed by atoms with Crippen molar-refractivity contribution in [2.24, 2.45) is 22.7 Å². The topological polar surface area (TPSA) is 93.1 Å². The van der Waals surface area contributed by atoms with Crippen LogP contribution in [0.25, 0.3) is 0 Å². The third kappa shape index (κ3) is 3.13. The highest BCUT2D eigenvalue weighted by atomic mass is 16.5. The van der Waals surface area contributed by atoms with E-state index in [1.165, 1.54) is 6.92 Å². The molecule has 5 atom stereocenters. The van der Waals surface area contributed by atoms with E-state index in [1.54, 1.807) is 13.0 Å². The van der Waals surface area contributed by atoms with Crippen LogP contribution in [0.5, 0.6) is 11.5 Å². The molecule has 1 aliphatic heterocycles. The normalized spacial score (nSPS) is 35.7. The van der Waals surface area contributed by atoms with Gasteiger partial charge in [-0.05, 0) is 68.9 Å². The number of hydrogen-bond donors (Lipinski definition) is 2. The highest BCUT2D eigenvalue weighted by Gasteiger charge is 2.63. The van der Waals surface area contributed by atoms with E-state index in [-0.39, 0.29) is 45.7 Å². The quantitative estimate of drug-likeness (QED) is 0.650. The average molecular weight is 431 g/mol. The van der Waals surface area contributed by atoms with Crippen LogP contribution in [0.2, 0.25) is 0 Å². The maximum Gasteiger partial charge on any atom is 0.339 e. The van der Waals surface area contributed by atoms with Crippen molar-refractivity contribution >= 4 is 11.9 Å². The summed E-state index contributed by atoms with van der Waals surface area (Å²) in [7, 11) is 0. The number of aryl methyl sites for hydroxylation is 1. The number of aromatic hydroxyl groups is 1. The Hall–Kier alpha value is -2.24. The van der Waals surface area contributed by atoms with Crippen LogP contribution >= 0.6 is 0 Å². The number of ether oxygens (including phenoxy) is 2. The standard InChI is InChI=1S/C25H34O6/c1-13-11-16-15(21(27)20(13)22(28)29)12-18-24(5)9-8-19(30-14(2)26)23(3,4)17(24)7-10-25(18,6)31-16/h11,17-19,27H,7-10,12H2,1-6H3,(H,28,29). The van der Waals surface area contributed by atoms with Gasteiger partial charge < -0.3 is 19.7 Å². The fourth-order valence-corrected chi connectivity index (χ4v) is 7.29. The molecule has 4 rings (SSSR count). The lowest BCUT2D eigenvalue weighted by atomic mass is 9.44. The molecule has 31 heavy (non-hydrogen) atoms. The van der Waals surface area contributed by atoms with E-state index in [0.717, 1.165) is 25.7 Å². The molecule has 1 heterocycles. The first-order valence-corrected chi connectivity index (χ1v) is 11.3. The van der Waals surface area contributed by atoms with Crippen molar-refractivity contribution < 1.29 is 29.3 Å². The van der Waals surface area contributed by atoms with Crippen LogP contribution in [-0.4, -0.2) is 33.9 Å². The Kier molecular flexibility index (Phi) is 4.88. The first-order chi connectivity index (χ1) is 14.3. The first kappa shape index (κ1) is 22.0. The lowest BCUT2D eigenvalue weighted by Crippen LogP contribution is -2.64. The maximum atomic E-state index is 11.7. The number of esters is 1. The molecule has 5 unspecified atom stereocenters. The van der Waals surface area contributed by atoms with Crippen LogP contribution in [0.3, 0.4) is 0 Å². The summed E-state index contributed by atoms with van der Waals surface area (Å²) in [5, 5.41) is 20.5. The number of carbonyl (C=O) groups is 2. The van der Waals surface area contributed by atoms with Gasteiger partial charge in [0.2, 0.25) is 0 Å². The summed E-state index contributed by atoms with van der Waals surface area (Å²) in [5.41, 5.74) is 0.433. The van der Waals surface area contributed by atoms with Crippen molar-refractivity contribution in [2.45, 2.75) is 85.4 Å². The Balaban J connectivity index is 1.76. The van der Waals surface area contributed by atoms with Gasteiger partial charge in [-0.2, -0.15) is 0 Å². The van der Waals surface area contributed by atoms with Gasteiger partial charge in [0, 0.05) is 23.8 Å². The lowest BCUT2D eigenvalue weighted by molar-refractivity contribution is -0.203. The van der Waals surface area contributed by atoms with Crippen LogP contribution in [-0.2, 0) is 16.0 Å². The molecule has 170 valence electrons. The number of carboxylic acids is 1. The molecule has 2 saturated carbocycles. The fraction of sp³-hybridized carbons (Fsp3) is 0.680. The molecular weight excluding hydrogens is 396 g/mol. The average Bonchev–Trinajstić information content (AvgIpc) is 2.62. The number of carbonyl (C=O) groups excluding carboxylic acids is 1. The summed E-state index contributed by atoms with van der Waals surface area (Å²) in [4.78, 5) is 23.4. The van der Waals surface area contributed by atoms with Gasteiger partial charge in [0.25, 0.3) is 0 Å². The summed E-state index contributed by atoms with van der Waals surface area (Å²) in [6, 6.07) is 1.76. The molecule has 0 saturated heterocycles.